The van der Waals surface area contributed by atoms with Gasteiger partial charge in [0, 0.05) is 0 Å². The van der Waals surface area contributed by atoms with Crippen LogP contribution >= 0.6 is 0 Å². The zero-order valence-electron chi connectivity index (χ0n) is 32.5. The van der Waals surface area contributed by atoms with Crippen LogP contribution in [0.15, 0.2) is 46.6 Å². The van der Waals surface area contributed by atoms with Gasteiger partial charge in [-0.3, -0.25) is 0 Å². The molecule has 0 radical (unpaired) electrons. The molecule has 2 aliphatic carbocycles. The van der Waals surface area contributed by atoms with E-state index in [1.54, 1.807) is 0 Å². The van der Waals surface area contributed by atoms with Crippen molar-refractivity contribution in [2.45, 2.75) is 130 Å². The van der Waals surface area contributed by atoms with Gasteiger partial charge in [-0.05, 0) is 19.8 Å². The molecular formula is C44H54F8O2Ti. The molecule has 2 unspecified atom stereocenters. The Morgan fingerprint density at radius 2 is 0.945 bits per heavy atom. The third kappa shape index (κ3) is 11.6. The molecule has 2 atom stereocenters. The summed E-state index contributed by atoms with van der Waals surface area (Å²) in [6, 6.07) is 0. The first-order valence-corrected chi connectivity index (χ1v) is 21.5. The van der Waals surface area contributed by atoms with E-state index in [2.05, 4.69) is 32.9 Å². The van der Waals surface area contributed by atoms with Gasteiger partial charge < -0.3 is 0 Å². The minimum absolute atomic E-state index is 0.206. The van der Waals surface area contributed by atoms with E-state index in [0.717, 1.165) is 88.2 Å². The van der Waals surface area contributed by atoms with Crippen molar-refractivity contribution >= 4 is 7.74 Å². The molecule has 0 heterocycles. The Hall–Kier alpha value is -2.85. The first-order valence-electron chi connectivity index (χ1n) is 19.9. The summed E-state index contributed by atoms with van der Waals surface area (Å²) >= 11 is -3.02. The summed E-state index contributed by atoms with van der Waals surface area (Å²) in [7, 11) is 0. The number of halogens is 8. The van der Waals surface area contributed by atoms with E-state index in [-0.39, 0.29) is 19.1 Å². The van der Waals surface area contributed by atoms with Crippen molar-refractivity contribution in [3.05, 3.63) is 93.1 Å². The predicted molar refractivity (Wildman–Crippen MR) is 199 cm³/mol. The van der Waals surface area contributed by atoms with Crippen LogP contribution < -0.4 is 17.2 Å². The molecule has 0 fully saturated rings. The van der Waals surface area contributed by atoms with Crippen LogP contribution in [0.2, 0.25) is 0 Å². The molecule has 2 aromatic rings. The third-order valence-electron chi connectivity index (χ3n) is 10.8. The van der Waals surface area contributed by atoms with Gasteiger partial charge in [0.05, 0.1) is 0 Å². The van der Waals surface area contributed by atoms with E-state index in [0.29, 0.717) is 31.6 Å². The maximum atomic E-state index is 15.4. The van der Waals surface area contributed by atoms with Gasteiger partial charge in [-0.1, -0.05) is 56.4 Å². The fourth-order valence-corrected chi connectivity index (χ4v) is 9.40. The fourth-order valence-electron chi connectivity index (χ4n) is 7.63. The molecule has 0 bridgehead atoms. The number of ether oxygens (including phenoxy) is 2. The molecular weight excluding hydrogens is 760 g/mol. The van der Waals surface area contributed by atoms with Crippen LogP contribution in [-0.2, 0) is 19.2 Å². The van der Waals surface area contributed by atoms with Crippen LogP contribution in [0.3, 0.4) is 0 Å². The van der Waals surface area contributed by atoms with E-state index in [9.17, 15) is 8.78 Å². The van der Waals surface area contributed by atoms with Gasteiger partial charge in [-0.15, -0.1) is 0 Å². The van der Waals surface area contributed by atoms with Gasteiger partial charge >= 0.3 is 255 Å². The van der Waals surface area contributed by atoms with Crippen LogP contribution in [0.1, 0.15) is 130 Å². The zero-order valence-corrected chi connectivity index (χ0v) is 34.1. The van der Waals surface area contributed by atoms with Crippen LogP contribution in [0.4, 0.5) is 35.1 Å². The van der Waals surface area contributed by atoms with Crippen molar-refractivity contribution in [1.29, 1.82) is 0 Å². The second-order valence-electron chi connectivity index (χ2n) is 14.8. The molecule has 0 amide bonds. The Morgan fingerprint density at radius 3 is 1.40 bits per heavy atom. The molecule has 2 aliphatic rings. The summed E-state index contributed by atoms with van der Waals surface area (Å²) in [5, 5.41) is 0. The Balaban J connectivity index is 1.43. The molecule has 0 aliphatic heterocycles. The second-order valence-corrected chi connectivity index (χ2v) is 16.7. The van der Waals surface area contributed by atoms with E-state index in [1.165, 1.54) is 11.1 Å². The normalized spacial score (nSPS) is 15.1. The number of allylic oxidation sites excluding steroid dienone is 7. The van der Waals surface area contributed by atoms with E-state index < -0.39 is 84.9 Å². The molecule has 0 saturated heterocycles. The van der Waals surface area contributed by atoms with Crippen molar-refractivity contribution in [2.75, 3.05) is 13.2 Å². The number of unbranched alkanes of at least 4 members (excludes halogenated alkanes) is 8. The van der Waals surface area contributed by atoms with Crippen molar-refractivity contribution in [3.8, 4) is 11.5 Å². The van der Waals surface area contributed by atoms with Crippen LogP contribution in [0.5, 0.6) is 11.5 Å². The number of hydrogen-bond acceptors (Lipinski definition) is 2. The summed E-state index contributed by atoms with van der Waals surface area (Å²) in [5.41, 5.74) is 4.79. The van der Waals surface area contributed by atoms with Crippen LogP contribution in [-0.4, -0.2) is 13.2 Å². The third-order valence-corrected chi connectivity index (χ3v) is 12.9. The van der Waals surface area contributed by atoms with Crippen molar-refractivity contribution in [2.24, 2.45) is 11.8 Å². The number of benzene rings is 2. The minimum atomic E-state index is -3.02. The van der Waals surface area contributed by atoms with Crippen LogP contribution in [0, 0.1) is 58.4 Å². The fraction of sp³-hybridized carbons (Fsp3) is 0.545. The second kappa shape index (κ2) is 22.2. The predicted octanol–water partition coefficient (Wildman–Crippen LogP) is 12.9. The first-order chi connectivity index (χ1) is 26.4. The van der Waals surface area contributed by atoms with Crippen molar-refractivity contribution < 1.29 is 63.8 Å². The van der Waals surface area contributed by atoms with Gasteiger partial charge in [0.15, 0.2) is 0 Å². The Morgan fingerprint density at radius 1 is 0.509 bits per heavy atom. The molecule has 302 valence electrons. The first kappa shape index (κ1) is 44.9. The molecule has 0 N–H and O–H groups in total. The quantitative estimate of drug-likeness (QED) is 0.0455. The number of hydrogen-bond donors (Lipinski definition) is 0. The molecule has 2 aromatic carbocycles. The van der Waals surface area contributed by atoms with E-state index in [1.807, 2.05) is 19.1 Å². The van der Waals surface area contributed by atoms with Gasteiger partial charge in [0.25, 0.3) is 0 Å². The summed E-state index contributed by atoms with van der Waals surface area (Å²) in [4.78, 5) is 0. The Labute approximate surface area is 330 Å². The van der Waals surface area contributed by atoms with Gasteiger partial charge in [-0.25, -0.2) is 0 Å². The van der Waals surface area contributed by atoms with Crippen molar-refractivity contribution in [1.82, 2.24) is 0 Å². The molecule has 2 nitrogen and oxygen atoms in total. The molecule has 4 rings (SSSR count). The summed E-state index contributed by atoms with van der Waals surface area (Å²) < 4.78 is 130. The standard InChI is InChI=1S/C28H33F4O.C16H21F4O.Ti/c1-4-9-20(22-14-7-10-18(22)2)12-5-6-13-21(23-15-8-11-19(23)3)17-33-28-26(31)24(29)16-25(30)27(28)32;1-2-3-4-5-6-7-8-9-10-21-16-14(19)12(17)11-13(18)15(16)20;/h7-8,10-11,20-21H,4-6,9,12-15,17H2,1-3H3;2-10H2,1H3;. The summed E-state index contributed by atoms with van der Waals surface area (Å²) in [5.74, 6) is -17.6. The SMILES string of the molecule is CCCCCCCCCCOc1c(F)c(F)[c]([Ti][c]2c(F)c(F)c(OCC(CCCCC(CCC)C3=C(C)C=CC3)C3=C(C)C=CC3)c(F)c2F)c(F)c1F. The van der Waals surface area contributed by atoms with Crippen molar-refractivity contribution in [3.63, 3.8) is 0 Å². The average Bonchev–Trinajstić information content (AvgIpc) is 3.81. The average molecular weight is 815 g/mol. The molecule has 0 spiro atoms. The maximum absolute atomic E-state index is 15.4. The van der Waals surface area contributed by atoms with Gasteiger partial charge in [0.1, 0.15) is 0 Å². The van der Waals surface area contributed by atoms with E-state index in [4.69, 9.17) is 9.47 Å². The zero-order chi connectivity index (χ0) is 40.1. The summed E-state index contributed by atoms with van der Waals surface area (Å²) in [6.45, 7) is 7.87. The molecule has 11 heteroatoms. The van der Waals surface area contributed by atoms with Crippen LogP contribution in [0.25, 0.3) is 0 Å². The molecule has 55 heavy (non-hydrogen) atoms. The molecule has 0 aromatic heterocycles. The molecule has 0 saturated carbocycles. The monoisotopic (exact) mass is 814 g/mol. The van der Waals surface area contributed by atoms with Gasteiger partial charge in [-0.2, -0.15) is 0 Å². The topological polar surface area (TPSA) is 18.5 Å². The van der Waals surface area contributed by atoms with Gasteiger partial charge in [0.2, 0.25) is 0 Å². The van der Waals surface area contributed by atoms with E-state index >= 15 is 26.3 Å². The number of rotatable bonds is 24. The Kier molecular flexibility index (Phi) is 18.1. The summed E-state index contributed by atoms with van der Waals surface area (Å²) in [6.07, 6.45) is 22.7. The Bertz CT molecular complexity index is 1690.